The van der Waals surface area contributed by atoms with Crippen molar-refractivity contribution in [2.75, 3.05) is 0 Å². The Kier molecular flexibility index (Phi) is 4.75. The topological polar surface area (TPSA) is 37.3 Å². The van der Waals surface area contributed by atoms with Crippen molar-refractivity contribution in [2.24, 2.45) is 0 Å². The van der Waals surface area contributed by atoms with Crippen LogP contribution in [-0.2, 0) is 11.2 Å². The van der Waals surface area contributed by atoms with Gasteiger partial charge in [-0.05, 0) is 31.4 Å². The predicted octanol–water partition coefficient (Wildman–Crippen LogP) is 3.39. The van der Waals surface area contributed by atoms with Crippen molar-refractivity contribution in [2.45, 2.75) is 25.7 Å². The van der Waals surface area contributed by atoms with E-state index >= 15 is 0 Å². The van der Waals surface area contributed by atoms with E-state index < -0.39 is 5.97 Å². The Bertz CT molecular complexity index is 332. The zero-order valence-corrected chi connectivity index (χ0v) is 9.76. The molecule has 1 aromatic rings. The number of rotatable bonds is 5. The summed E-state index contributed by atoms with van der Waals surface area (Å²) in [5.41, 5.74) is 0.628. The second-order valence-corrected chi connectivity index (χ2v) is 4.16. The highest BCUT2D eigenvalue weighted by molar-refractivity contribution is 9.10. The summed E-state index contributed by atoms with van der Waals surface area (Å²) in [5.74, 6) is -1.04. The standard InChI is InChI=1S/C11H12BrFO2/c12-9-5-3-6-10(13)8(9)4-1-2-7-11(14)15/h3,5-6H,1-2,4,7H2,(H,14,15). The number of carboxylic acids is 1. The molecule has 0 spiro atoms. The van der Waals surface area contributed by atoms with Gasteiger partial charge in [-0.2, -0.15) is 0 Å². The number of aliphatic carboxylic acids is 1. The lowest BCUT2D eigenvalue weighted by Gasteiger charge is -2.04. The minimum absolute atomic E-state index is 0.145. The summed E-state index contributed by atoms with van der Waals surface area (Å²) in [7, 11) is 0. The molecule has 0 heterocycles. The van der Waals surface area contributed by atoms with Crippen LogP contribution in [0.3, 0.4) is 0 Å². The third kappa shape index (κ3) is 4.00. The van der Waals surface area contributed by atoms with Crippen molar-refractivity contribution >= 4 is 21.9 Å². The maximum Gasteiger partial charge on any atom is 0.303 e. The molecule has 1 rings (SSSR count). The molecule has 0 aliphatic rings. The molecule has 0 unspecified atom stereocenters. The number of halogens is 2. The summed E-state index contributed by atoms with van der Waals surface area (Å²) >= 11 is 3.27. The van der Waals surface area contributed by atoms with E-state index in [-0.39, 0.29) is 12.2 Å². The van der Waals surface area contributed by atoms with Crippen molar-refractivity contribution in [3.05, 3.63) is 34.1 Å². The van der Waals surface area contributed by atoms with Crippen LogP contribution < -0.4 is 0 Å². The molecule has 0 saturated carbocycles. The van der Waals surface area contributed by atoms with Crippen LogP contribution in [0, 0.1) is 5.82 Å². The summed E-state index contributed by atoms with van der Waals surface area (Å²) in [4.78, 5) is 10.3. The lowest BCUT2D eigenvalue weighted by atomic mass is 10.1. The second kappa shape index (κ2) is 5.85. The van der Waals surface area contributed by atoms with E-state index in [0.717, 1.165) is 4.47 Å². The molecule has 0 radical (unpaired) electrons. The SMILES string of the molecule is O=C(O)CCCCc1c(F)cccc1Br. The molecule has 2 nitrogen and oxygen atoms in total. The number of benzene rings is 1. The van der Waals surface area contributed by atoms with Gasteiger partial charge in [-0.15, -0.1) is 0 Å². The Morgan fingerprint density at radius 3 is 2.73 bits per heavy atom. The smallest absolute Gasteiger partial charge is 0.303 e. The third-order valence-electron chi connectivity index (χ3n) is 2.13. The Morgan fingerprint density at radius 1 is 1.40 bits per heavy atom. The van der Waals surface area contributed by atoms with Gasteiger partial charge in [-0.1, -0.05) is 22.0 Å². The van der Waals surface area contributed by atoms with Crippen LogP contribution in [0.4, 0.5) is 4.39 Å². The van der Waals surface area contributed by atoms with Crippen LogP contribution in [0.5, 0.6) is 0 Å². The third-order valence-corrected chi connectivity index (χ3v) is 2.87. The Labute approximate surface area is 96.2 Å². The average molecular weight is 275 g/mol. The van der Waals surface area contributed by atoms with Gasteiger partial charge in [0.05, 0.1) is 0 Å². The van der Waals surface area contributed by atoms with Crippen molar-refractivity contribution in [3.63, 3.8) is 0 Å². The van der Waals surface area contributed by atoms with Gasteiger partial charge in [0.2, 0.25) is 0 Å². The van der Waals surface area contributed by atoms with E-state index in [2.05, 4.69) is 15.9 Å². The summed E-state index contributed by atoms with van der Waals surface area (Å²) in [6.07, 6.45) is 1.98. The van der Waals surface area contributed by atoms with Crippen molar-refractivity contribution in [3.8, 4) is 0 Å². The van der Waals surface area contributed by atoms with Crippen molar-refractivity contribution < 1.29 is 14.3 Å². The Hall–Kier alpha value is -0.900. The van der Waals surface area contributed by atoms with Crippen LogP contribution in [0.15, 0.2) is 22.7 Å². The van der Waals surface area contributed by atoms with Gasteiger partial charge >= 0.3 is 5.97 Å². The van der Waals surface area contributed by atoms with Crippen LogP contribution in [0.25, 0.3) is 0 Å². The normalized spacial score (nSPS) is 10.3. The number of carboxylic acid groups (broad SMARTS) is 1. The number of hydrogen-bond donors (Lipinski definition) is 1. The fourth-order valence-corrected chi connectivity index (χ4v) is 1.89. The molecule has 82 valence electrons. The molecule has 0 atom stereocenters. The van der Waals surface area contributed by atoms with E-state index in [1.807, 2.05) is 0 Å². The Morgan fingerprint density at radius 2 is 2.13 bits per heavy atom. The monoisotopic (exact) mass is 274 g/mol. The zero-order chi connectivity index (χ0) is 11.3. The van der Waals surface area contributed by atoms with Gasteiger partial charge in [0, 0.05) is 16.5 Å². The molecule has 0 aliphatic heterocycles. The quantitative estimate of drug-likeness (QED) is 0.836. The first kappa shape index (κ1) is 12.2. The summed E-state index contributed by atoms with van der Waals surface area (Å²) in [6, 6.07) is 4.84. The highest BCUT2D eigenvalue weighted by Crippen LogP contribution is 2.21. The molecular weight excluding hydrogens is 263 g/mol. The first-order chi connectivity index (χ1) is 7.11. The summed E-state index contributed by atoms with van der Waals surface area (Å²) in [5, 5.41) is 8.44. The summed E-state index contributed by atoms with van der Waals surface area (Å²) in [6.45, 7) is 0. The van der Waals surface area contributed by atoms with Gasteiger partial charge in [0.25, 0.3) is 0 Å². The van der Waals surface area contributed by atoms with E-state index in [1.165, 1.54) is 6.07 Å². The Balaban J connectivity index is 2.47. The predicted molar refractivity (Wildman–Crippen MR) is 59.3 cm³/mol. The van der Waals surface area contributed by atoms with Crippen molar-refractivity contribution in [1.29, 1.82) is 0 Å². The molecule has 0 aliphatic carbocycles. The second-order valence-electron chi connectivity index (χ2n) is 3.30. The highest BCUT2D eigenvalue weighted by Gasteiger charge is 2.06. The maximum atomic E-state index is 13.3. The maximum absolute atomic E-state index is 13.3. The first-order valence-electron chi connectivity index (χ1n) is 4.76. The van der Waals surface area contributed by atoms with E-state index in [0.29, 0.717) is 24.8 Å². The first-order valence-corrected chi connectivity index (χ1v) is 5.55. The molecule has 1 aromatic carbocycles. The minimum atomic E-state index is -0.803. The molecule has 0 aromatic heterocycles. The molecule has 4 heteroatoms. The highest BCUT2D eigenvalue weighted by atomic mass is 79.9. The molecule has 15 heavy (non-hydrogen) atoms. The fraction of sp³-hybridized carbons (Fsp3) is 0.364. The van der Waals surface area contributed by atoms with Crippen LogP contribution in [-0.4, -0.2) is 11.1 Å². The van der Waals surface area contributed by atoms with Crippen molar-refractivity contribution in [1.82, 2.24) is 0 Å². The minimum Gasteiger partial charge on any atom is -0.481 e. The summed E-state index contributed by atoms with van der Waals surface area (Å²) < 4.78 is 14.0. The molecule has 0 bridgehead atoms. The molecule has 1 N–H and O–H groups in total. The number of unbranched alkanes of at least 4 members (excludes halogenated alkanes) is 1. The lowest BCUT2D eigenvalue weighted by Crippen LogP contribution is -1.96. The molecule has 0 fully saturated rings. The van der Waals surface area contributed by atoms with Crippen LogP contribution in [0.1, 0.15) is 24.8 Å². The number of hydrogen-bond acceptors (Lipinski definition) is 1. The molecule has 0 saturated heterocycles. The van der Waals surface area contributed by atoms with E-state index in [1.54, 1.807) is 12.1 Å². The van der Waals surface area contributed by atoms with Gasteiger partial charge in [-0.25, -0.2) is 4.39 Å². The van der Waals surface area contributed by atoms with E-state index in [4.69, 9.17) is 5.11 Å². The average Bonchev–Trinajstić information content (AvgIpc) is 2.15. The lowest BCUT2D eigenvalue weighted by molar-refractivity contribution is -0.137. The van der Waals surface area contributed by atoms with Gasteiger partial charge in [0.15, 0.2) is 0 Å². The van der Waals surface area contributed by atoms with Gasteiger partial charge in [0.1, 0.15) is 5.82 Å². The zero-order valence-electron chi connectivity index (χ0n) is 8.17. The van der Waals surface area contributed by atoms with E-state index in [9.17, 15) is 9.18 Å². The van der Waals surface area contributed by atoms with Crippen LogP contribution >= 0.6 is 15.9 Å². The largest absolute Gasteiger partial charge is 0.481 e. The molecular formula is C11H12BrFO2. The van der Waals surface area contributed by atoms with Crippen LogP contribution in [0.2, 0.25) is 0 Å². The number of carbonyl (C=O) groups is 1. The van der Waals surface area contributed by atoms with Gasteiger partial charge in [-0.3, -0.25) is 4.79 Å². The fourth-order valence-electron chi connectivity index (χ4n) is 1.35. The molecule has 0 amide bonds. The van der Waals surface area contributed by atoms with Gasteiger partial charge < -0.3 is 5.11 Å².